The van der Waals surface area contributed by atoms with Crippen LogP contribution in [0.5, 0.6) is 0 Å². The number of aliphatic carboxylic acids is 1. The largest absolute Gasteiger partial charge is 0.477 e. The van der Waals surface area contributed by atoms with E-state index in [-0.39, 0.29) is 29.2 Å². The van der Waals surface area contributed by atoms with Crippen molar-refractivity contribution in [3.63, 3.8) is 0 Å². The second-order valence-electron chi connectivity index (χ2n) is 8.33. The van der Waals surface area contributed by atoms with Crippen LogP contribution in [0.25, 0.3) is 0 Å². The van der Waals surface area contributed by atoms with E-state index in [1.54, 1.807) is 12.1 Å². The number of nitrogens with zero attached hydrogens (tertiary/aromatic N) is 1. The Labute approximate surface area is 166 Å². The van der Waals surface area contributed by atoms with Gasteiger partial charge in [0.05, 0.1) is 17.2 Å². The summed E-state index contributed by atoms with van der Waals surface area (Å²) in [7, 11) is -1.47. The van der Waals surface area contributed by atoms with Gasteiger partial charge in [-0.1, -0.05) is 51.1 Å². The van der Waals surface area contributed by atoms with Crippen molar-refractivity contribution in [1.82, 2.24) is 10.2 Å². The molecule has 2 amide bonds. The molecule has 2 N–H and O–H groups in total. The van der Waals surface area contributed by atoms with Crippen molar-refractivity contribution < 1.29 is 23.7 Å². The van der Waals surface area contributed by atoms with Gasteiger partial charge in [-0.05, 0) is 23.0 Å². The molecule has 1 saturated heterocycles. The molecular weight excluding hydrogens is 380 g/mol. The zero-order chi connectivity index (χ0) is 20.6. The lowest BCUT2D eigenvalue weighted by Crippen LogP contribution is -2.73. The molecule has 1 aromatic rings. The molecule has 0 saturated carbocycles. The lowest BCUT2D eigenvalue weighted by atomic mass is 9.87. The van der Waals surface area contributed by atoms with Gasteiger partial charge < -0.3 is 10.4 Å². The van der Waals surface area contributed by atoms with Crippen LogP contribution >= 0.6 is 0 Å². The Balaban J connectivity index is 1.78. The molecule has 28 heavy (non-hydrogen) atoms. The summed E-state index contributed by atoms with van der Waals surface area (Å²) in [5.41, 5.74) is 1.02. The van der Waals surface area contributed by atoms with Crippen LogP contribution in [-0.2, 0) is 31.6 Å². The number of carboxylic acid groups (broad SMARTS) is 1. The fourth-order valence-electron chi connectivity index (χ4n) is 3.63. The van der Waals surface area contributed by atoms with E-state index in [1.165, 1.54) is 0 Å². The van der Waals surface area contributed by atoms with Crippen LogP contribution in [0.1, 0.15) is 32.8 Å². The van der Waals surface area contributed by atoms with Crippen LogP contribution in [0.4, 0.5) is 0 Å². The molecule has 0 aliphatic carbocycles. The highest BCUT2D eigenvalue weighted by atomic mass is 32.2. The van der Waals surface area contributed by atoms with Crippen LogP contribution in [0.2, 0.25) is 0 Å². The smallest absolute Gasteiger partial charge is 0.352 e. The van der Waals surface area contributed by atoms with Gasteiger partial charge in [0.2, 0.25) is 5.91 Å². The van der Waals surface area contributed by atoms with E-state index in [0.29, 0.717) is 12.0 Å². The SMILES string of the molecule is CC(C)(C)CC1=C(C(=O)O)N2C(=O)C(NC(=O)Cc3ccccc3)C2S(=O)C1. The van der Waals surface area contributed by atoms with Gasteiger partial charge in [-0.15, -0.1) is 0 Å². The summed E-state index contributed by atoms with van der Waals surface area (Å²) in [5, 5.41) is 11.5. The molecule has 3 unspecified atom stereocenters. The Kier molecular flexibility index (Phi) is 5.43. The number of hydrogen-bond acceptors (Lipinski definition) is 4. The van der Waals surface area contributed by atoms with Crippen molar-refractivity contribution in [3.05, 3.63) is 47.2 Å². The maximum Gasteiger partial charge on any atom is 0.352 e. The Morgan fingerprint density at radius 1 is 1.25 bits per heavy atom. The zero-order valence-corrected chi connectivity index (χ0v) is 16.9. The molecule has 2 heterocycles. The molecule has 2 aliphatic rings. The minimum Gasteiger partial charge on any atom is -0.477 e. The normalized spacial score (nSPS) is 24.5. The van der Waals surface area contributed by atoms with Crippen molar-refractivity contribution in [2.45, 2.75) is 45.0 Å². The minimum atomic E-state index is -1.47. The first-order valence-corrected chi connectivity index (χ1v) is 10.5. The lowest BCUT2D eigenvalue weighted by Gasteiger charge is -2.49. The van der Waals surface area contributed by atoms with Crippen LogP contribution < -0.4 is 5.32 Å². The van der Waals surface area contributed by atoms with E-state index >= 15 is 0 Å². The number of nitrogens with one attached hydrogen (secondary N) is 1. The van der Waals surface area contributed by atoms with E-state index in [4.69, 9.17) is 0 Å². The summed E-state index contributed by atoms with van der Waals surface area (Å²) in [5.74, 6) is -1.99. The number of benzene rings is 1. The zero-order valence-electron chi connectivity index (χ0n) is 16.1. The topological polar surface area (TPSA) is 104 Å². The molecule has 0 bridgehead atoms. The molecular formula is C20H24N2O5S. The number of carbonyl (C=O) groups excluding carboxylic acids is 2. The predicted molar refractivity (Wildman–Crippen MR) is 104 cm³/mol. The molecule has 3 rings (SSSR count). The highest BCUT2D eigenvalue weighted by Crippen LogP contribution is 2.38. The van der Waals surface area contributed by atoms with Gasteiger partial charge in [0.15, 0.2) is 0 Å². The van der Waals surface area contributed by atoms with Crippen molar-refractivity contribution in [2.24, 2.45) is 5.41 Å². The Morgan fingerprint density at radius 2 is 1.89 bits per heavy atom. The van der Waals surface area contributed by atoms with E-state index < -0.39 is 34.1 Å². The molecule has 150 valence electrons. The van der Waals surface area contributed by atoms with E-state index in [0.717, 1.165) is 10.5 Å². The molecule has 8 heteroatoms. The van der Waals surface area contributed by atoms with Crippen molar-refractivity contribution in [1.29, 1.82) is 0 Å². The Morgan fingerprint density at radius 3 is 2.46 bits per heavy atom. The molecule has 3 atom stereocenters. The monoisotopic (exact) mass is 404 g/mol. The Bertz CT molecular complexity index is 872. The average molecular weight is 404 g/mol. The van der Waals surface area contributed by atoms with E-state index in [2.05, 4.69) is 5.32 Å². The minimum absolute atomic E-state index is 0.0851. The molecule has 1 fully saturated rings. The van der Waals surface area contributed by atoms with E-state index in [9.17, 15) is 23.7 Å². The fourth-order valence-corrected chi connectivity index (χ4v) is 5.32. The van der Waals surface area contributed by atoms with Crippen LogP contribution in [0.15, 0.2) is 41.6 Å². The average Bonchev–Trinajstić information content (AvgIpc) is 2.58. The first-order valence-electron chi connectivity index (χ1n) is 9.07. The van der Waals surface area contributed by atoms with Gasteiger partial charge in [-0.2, -0.15) is 0 Å². The first kappa shape index (κ1) is 20.3. The standard InChI is InChI=1S/C20H24N2O5S/c1-20(2,3)10-13-11-28(27)18-15(17(24)22(18)16(13)19(25)26)21-14(23)9-12-7-5-4-6-8-12/h4-8,15,18H,9-11H2,1-3H3,(H,21,23)(H,25,26). The van der Waals surface area contributed by atoms with Gasteiger partial charge in [0, 0.05) is 5.75 Å². The summed E-state index contributed by atoms with van der Waals surface area (Å²) in [6, 6.07) is 8.12. The predicted octanol–water partition coefficient (Wildman–Crippen LogP) is 1.42. The maximum atomic E-state index is 12.8. The summed E-state index contributed by atoms with van der Waals surface area (Å²) in [4.78, 5) is 37.9. The van der Waals surface area contributed by atoms with Gasteiger partial charge in [-0.25, -0.2) is 4.79 Å². The van der Waals surface area contributed by atoms with Crippen LogP contribution in [0, 0.1) is 5.41 Å². The molecule has 7 nitrogen and oxygen atoms in total. The van der Waals surface area contributed by atoms with Crippen molar-refractivity contribution in [3.8, 4) is 0 Å². The fraction of sp³-hybridized carbons (Fsp3) is 0.450. The first-order chi connectivity index (χ1) is 13.1. The maximum absolute atomic E-state index is 12.8. The summed E-state index contributed by atoms with van der Waals surface area (Å²) >= 11 is 0. The third kappa shape index (κ3) is 4.01. The van der Waals surface area contributed by atoms with Gasteiger partial charge in [0.25, 0.3) is 5.91 Å². The van der Waals surface area contributed by atoms with Gasteiger partial charge in [0.1, 0.15) is 17.1 Å². The van der Waals surface area contributed by atoms with Gasteiger partial charge >= 0.3 is 5.97 Å². The molecule has 0 aromatic heterocycles. The van der Waals surface area contributed by atoms with Gasteiger partial charge in [-0.3, -0.25) is 18.7 Å². The van der Waals surface area contributed by atoms with Crippen molar-refractivity contribution in [2.75, 3.05) is 5.75 Å². The molecule has 1 aromatic carbocycles. The molecule has 2 aliphatic heterocycles. The number of fused-ring (bicyclic) bond motifs is 1. The number of rotatable bonds is 5. The second-order valence-corrected chi connectivity index (χ2v) is 9.86. The highest BCUT2D eigenvalue weighted by Gasteiger charge is 2.57. The van der Waals surface area contributed by atoms with Crippen molar-refractivity contribution >= 4 is 28.6 Å². The van der Waals surface area contributed by atoms with Crippen LogP contribution in [-0.4, -0.2) is 49.2 Å². The number of carboxylic acids is 1. The third-order valence-electron chi connectivity index (χ3n) is 4.68. The number of amides is 2. The number of hydrogen-bond donors (Lipinski definition) is 2. The highest BCUT2D eigenvalue weighted by molar-refractivity contribution is 7.86. The van der Waals surface area contributed by atoms with E-state index in [1.807, 2.05) is 39.0 Å². The number of carbonyl (C=O) groups is 3. The summed E-state index contributed by atoms with van der Waals surface area (Å²) < 4.78 is 12.8. The lowest BCUT2D eigenvalue weighted by molar-refractivity contribution is -0.151. The summed E-state index contributed by atoms with van der Waals surface area (Å²) in [6.45, 7) is 5.87. The Hall–Kier alpha value is -2.48. The van der Waals surface area contributed by atoms with Crippen LogP contribution in [0.3, 0.4) is 0 Å². The second kappa shape index (κ2) is 7.50. The molecule has 0 spiro atoms. The third-order valence-corrected chi connectivity index (χ3v) is 6.33. The molecule has 0 radical (unpaired) electrons. The summed E-state index contributed by atoms with van der Waals surface area (Å²) in [6.07, 6.45) is 0.531. The quantitative estimate of drug-likeness (QED) is 0.723. The number of β-lactam (4-membered cyclic amide) rings is 1.